The summed E-state index contributed by atoms with van der Waals surface area (Å²) in [6, 6.07) is 14.3. The first kappa shape index (κ1) is 17.4. The Labute approximate surface area is 168 Å². The van der Waals surface area contributed by atoms with E-state index in [1.807, 2.05) is 23.1 Å². The summed E-state index contributed by atoms with van der Waals surface area (Å²) in [7, 11) is 0. The fourth-order valence-corrected chi connectivity index (χ4v) is 5.01. The Balaban J connectivity index is 1.22. The average Bonchev–Trinajstić information content (AvgIpc) is 3.43. The van der Waals surface area contributed by atoms with Crippen LogP contribution in [0.5, 0.6) is 0 Å². The molecule has 0 aliphatic carbocycles. The van der Waals surface area contributed by atoms with Crippen LogP contribution in [0.25, 0.3) is 10.1 Å². The topological polar surface area (TPSA) is 52.6 Å². The summed E-state index contributed by atoms with van der Waals surface area (Å²) in [6.07, 6.45) is 2.47. The van der Waals surface area contributed by atoms with Crippen LogP contribution in [0.15, 0.2) is 42.5 Å². The van der Waals surface area contributed by atoms with Gasteiger partial charge in [-0.2, -0.15) is 0 Å². The molecule has 0 radical (unpaired) electrons. The first-order chi connectivity index (χ1) is 13.8. The zero-order valence-corrected chi connectivity index (χ0v) is 16.6. The molecule has 6 nitrogen and oxygen atoms in total. The molecule has 1 amide bonds. The first-order valence-electron chi connectivity index (χ1n) is 9.89. The summed E-state index contributed by atoms with van der Waals surface area (Å²) in [5.74, 6) is 2.01. The molecule has 0 saturated carbocycles. The molecule has 2 aromatic heterocycles. The molecular formula is C21H23N5OS. The van der Waals surface area contributed by atoms with Crippen LogP contribution in [0.1, 0.15) is 22.5 Å². The van der Waals surface area contributed by atoms with Gasteiger partial charge in [-0.15, -0.1) is 21.5 Å². The Bertz CT molecular complexity index is 939. The van der Waals surface area contributed by atoms with Gasteiger partial charge in [-0.05, 0) is 42.5 Å². The predicted molar refractivity (Wildman–Crippen MR) is 113 cm³/mol. The van der Waals surface area contributed by atoms with Gasteiger partial charge in [-0.3, -0.25) is 4.79 Å². The van der Waals surface area contributed by atoms with Crippen molar-refractivity contribution < 1.29 is 4.79 Å². The van der Waals surface area contributed by atoms with E-state index in [0.717, 1.165) is 52.8 Å². The SMILES string of the molecule is O=C(c1cc2ccccc2s1)N1CCN(c2ccc(N3CCCC3)nn2)CC1. The molecule has 144 valence electrons. The van der Waals surface area contributed by atoms with Crippen molar-refractivity contribution in [3.05, 3.63) is 47.3 Å². The number of thiophene rings is 1. The van der Waals surface area contributed by atoms with E-state index in [-0.39, 0.29) is 5.91 Å². The molecule has 2 aliphatic rings. The molecule has 2 saturated heterocycles. The Hall–Kier alpha value is -2.67. The number of amides is 1. The van der Waals surface area contributed by atoms with Gasteiger partial charge in [0.2, 0.25) is 0 Å². The maximum absolute atomic E-state index is 12.9. The second-order valence-electron chi connectivity index (χ2n) is 7.37. The molecule has 0 bridgehead atoms. The Morgan fingerprint density at radius 1 is 0.821 bits per heavy atom. The van der Waals surface area contributed by atoms with E-state index in [9.17, 15) is 4.79 Å². The smallest absolute Gasteiger partial charge is 0.264 e. The second-order valence-corrected chi connectivity index (χ2v) is 8.46. The van der Waals surface area contributed by atoms with Crippen LogP contribution in [0, 0.1) is 0 Å². The van der Waals surface area contributed by atoms with Gasteiger partial charge in [0.05, 0.1) is 4.88 Å². The van der Waals surface area contributed by atoms with Crippen LogP contribution in [-0.4, -0.2) is 60.3 Å². The van der Waals surface area contributed by atoms with Crippen molar-refractivity contribution in [3.63, 3.8) is 0 Å². The van der Waals surface area contributed by atoms with E-state index >= 15 is 0 Å². The number of anilines is 2. The number of carbonyl (C=O) groups excluding carboxylic acids is 1. The lowest BCUT2D eigenvalue weighted by Crippen LogP contribution is -2.49. The number of hydrogen-bond donors (Lipinski definition) is 0. The lowest BCUT2D eigenvalue weighted by atomic mass is 10.2. The van der Waals surface area contributed by atoms with Crippen molar-refractivity contribution in [2.24, 2.45) is 0 Å². The van der Waals surface area contributed by atoms with Crippen LogP contribution < -0.4 is 9.80 Å². The summed E-state index contributed by atoms with van der Waals surface area (Å²) in [6.45, 7) is 5.15. The Morgan fingerprint density at radius 3 is 2.11 bits per heavy atom. The highest BCUT2D eigenvalue weighted by molar-refractivity contribution is 7.20. The molecule has 1 aromatic carbocycles. The zero-order valence-electron chi connectivity index (χ0n) is 15.8. The fourth-order valence-electron chi connectivity index (χ4n) is 3.98. The van der Waals surface area contributed by atoms with Crippen LogP contribution >= 0.6 is 11.3 Å². The largest absolute Gasteiger partial charge is 0.355 e. The van der Waals surface area contributed by atoms with E-state index in [1.165, 1.54) is 12.8 Å². The van der Waals surface area contributed by atoms with Crippen molar-refractivity contribution in [3.8, 4) is 0 Å². The summed E-state index contributed by atoms with van der Waals surface area (Å²) in [5.41, 5.74) is 0. The molecule has 2 aliphatic heterocycles. The maximum atomic E-state index is 12.9. The third kappa shape index (κ3) is 3.30. The summed E-state index contributed by atoms with van der Waals surface area (Å²) >= 11 is 1.58. The number of aromatic nitrogens is 2. The standard InChI is InChI=1S/C21H23N5OS/c27-21(18-15-16-5-1-2-6-17(16)28-18)26-13-11-25(12-14-26)20-8-7-19(22-23-20)24-9-3-4-10-24/h1-2,5-8,15H,3-4,9-14H2. The molecule has 28 heavy (non-hydrogen) atoms. The highest BCUT2D eigenvalue weighted by atomic mass is 32.1. The molecule has 7 heteroatoms. The van der Waals surface area contributed by atoms with E-state index < -0.39 is 0 Å². The van der Waals surface area contributed by atoms with Gasteiger partial charge >= 0.3 is 0 Å². The number of hydrogen-bond acceptors (Lipinski definition) is 6. The van der Waals surface area contributed by atoms with Gasteiger partial charge in [-0.1, -0.05) is 18.2 Å². The quantitative estimate of drug-likeness (QED) is 0.684. The highest BCUT2D eigenvalue weighted by Gasteiger charge is 2.24. The normalized spacial score (nSPS) is 17.5. The molecule has 2 fully saturated rings. The fraction of sp³-hybridized carbons (Fsp3) is 0.381. The number of nitrogens with zero attached hydrogens (tertiary/aromatic N) is 5. The van der Waals surface area contributed by atoms with Crippen molar-refractivity contribution >= 4 is 39.0 Å². The molecule has 3 aromatic rings. The molecule has 0 unspecified atom stereocenters. The van der Waals surface area contributed by atoms with E-state index in [1.54, 1.807) is 11.3 Å². The predicted octanol–water partition coefficient (Wildman–Crippen LogP) is 3.25. The Morgan fingerprint density at radius 2 is 1.46 bits per heavy atom. The number of rotatable bonds is 3. The van der Waals surface area contributed by atoms with Crippen molar-refractivity contribution in [1.82, 2.24) is 15.1 Å². The number of fused-ring (bicyclic) bond motifs is 1. The minimum absolute atomic E-state index is 0.135. The lowest BCUT2D eigenvalue weighted by molar-refractivity contribution is 0.0751. The van der Waals surface area contributed by atoms with Crippen molar-refractivity contribution in [1.29, 1.82) is 0 Å². The van der Waals surface area contributed by atoms with E-state index in [4.69, 9.17) is 0 Å². The molecular weight excluding hydrogens is 370 g/mol. The first-order valence-corrected chi connectivity index (χ1v) is 10.7. The average molecular weight is 394 g/mol. The van der Waals surface area contributed by atoms with Crippen LogP contribution in [0.3, 0.4) is 0 Å². The summed E-state index contributed by atoms with van der Waals surface area (Å²) in [4.78, 5) is 20.2. The third-order valence-corrected chi connectivity index (χ3v) is 6.70. The van der Waals surface area contributed by atoms with Gasteiger partial charge in [0.25, 0.3) is 5.91 Å². The van der Waals surface area contributed by atoms with Crippen molar-refractivity contribution in [2.75, 3.05) is 49.1 Å². The van der Waals surface area contributed by atoms with E-state index in [2.05, 4.69) is 44.3 Å². The van der Waals surface area contributed by atoms with Crippen LogP contribution in [0.4, 0.5) is 11.6 Å². The van der Waals surface area contributed by atoms with Crippen LogP contribution in [0.2, 0.25) is 0 Å². The number of carbonyl (C=O) groups is 1. The second kappa shape index (κ2) is 7.39. The summed E-state index contributed by atoms with van der Waals surface area (Å²) in [5, 5.41) is 10.00. The molecule has 5 rings (SSSR count). The molecule has 4 heterocycles. The van der Waals surface area contributed by atoms with Crippen molar-refractivity contribution in [2.45, 2.75) is 12.8 Å². The highest BCUT2D eigenvalue weighted by Crippen LogP contribution is 2.27. The molecule has 0 spiro atoms. The Kier molecular flexibility index (Phi) is 4.60. The van der Waals surface area contributed by atoms with Gasteiger partial charge in [0.15, 0.2) is 11.6 Å². The van der Waals surface area contributed by atoms with Gasteiger partial charge in [0.1, 0.15) is 0 Å². The lowest BCUT2D eigenvalue weighted by Gasteiger charge is -2.35. The van der Waals surface area contributed by atoms with Gasteiger partial charge < -0.3 is 14.7 Å². The number of piperazine rings is 1. The minimum Gasteiger partial charge on any atom is -0.355 e. The maximum Gasteiger partial charge on any atom is 0.264 e. The van der Waals surface area contributed by atoms with Gasteiger partial charge in [0, 0.05) is 44.0 Å². The summed E-state index contributed by atoms with van der Waals surface area (Å²) < 4.78 is 1.16. The van der Waals surface area contributed by atoms with Gasteiger partial charge in [-0.25, -0.2) is 0 Å². The number of benzene rings is 1. The minimum atomic E-state index is 0.135. The monoisotopic (exact) mass is 393 g/mol. The van der Waals surface area contributed by atoms with Crippen LogP contribution in [-0.2, 0) is 0 Å². The third-order valence-electron chi connectivity index (χ3n) is 5.59. The molecule has 0 atom stereocenters. The molecule has 0 N–H and O–H groups in total. The van der Waals surface area contributed by atoms with E-state index in [0.29, 0.717) is 13.1 Å². The zero-order chi connectivity index (χ0) is 18.9.